The van der Waals surface area contributed by atoms with Gasteiger partial charge in [-0.1, -0.05) is 6.07 Å². The largest absolute Gasteiger partial charge is 0.478 e. The number of nitrogens with zero attached hydrogens (tertiary/aromatic N) is 1. The number of aryl methyl sites for hydroxylation is 1. The molecule has 1 N–H and O–H groups in total. The van der Waals surface area contributed by atoms with Crippen molar-refractivity contribution in [3.63, 3.8) is 0 Å². The number of rotatable bonds is 5. The van der Waals surface area contributed by atoms with E-state index < -0.39 is 0 Å². The van der Waals surface area contributed by atoms with Crippen molar-refractivity contribution in [1.82, 2.24) is 10.3 Å². The topological polar surface area (TPSA) is 34.1 Å². The minimum atomic E-state index is 0.748. The second-order valence-electron chi connectivity index (χ2n) is 4.88. The third-order valence-corrected chi connectivity index (χ3v) is 3.29. The van der Waals surface area contributed by atoms with E-state index in [0.717, 1.165) is 24.8 Å². The highest BCUT2D eigenvalue weighted by Crippen LogP contribution is 2.16. The monoisotopic (exact) mass is 234 g/mol. The van der Waals surface area contributed by atoms with Gasteiger partial charge in [0, 0.05) is 12.3 Å². The van der Waals surface area contributed by atoms with Gasteiger partial charge in [-0.3, -0.25) is 0 Å². The molecule has 1 fully saturated rings. The van der Waals surface area contributed by atoms with E-state index in [2.05, 4.69) is 10.3 Å². The maximum absolute atomic E-state index is 5.62. The molecule has 0 amide bonds. The Balaban J connectivity index is 1.60. The molecule has 17 heavy (non-hydrogen) atoms. The normalized spacial score (nSPS) is 20.2. The van der Waals surface area contributed by atoms with Crippen LogP contribution in [0.5, 0.6) is 5.88 Å². The molecular formula is C14H22N2O. The van der Waals surface area contributed by atoms with E-state index in [1.54, 1.807) is 0 Å². The molecule has 3 heteroatoms. The number of hydrogen-bond acceptors (Lipinski definition) is 3. The van der Waals surface area contributed by atoms with Crippen LogP contribution in [0.3, 0.4) is 0 Å². The average Bonchev–Trinajstić information content (AvgIpc) is 2.38. The van der Waals surface area contributed by atoms with Crippen molar-refractivity contribution in [2.45, 2.75) is 32.6 Å². The molecule has 0 radical (unpaired) electrons. The molecule has 1 aromatic rings. The molecule has 1 unspecified atom stereocenters. The zero-order valence-corrected chi connectivity index (χ0v) is 10.6. The molecule has 0 saturated carbocycles. The van der Waals surface area contributed by atoms with Gasteiger partial charge in [0.25, 0.3) is 0 Å². The van der Waals surface area contributed by atoms with Gasteiger partial charge in [-0.05, 0) is 57.2 Å². The molecule has 0 aromatic carbocycles. The second-order valence-corrected chi connectivity index (χ2v) is 4.88. The van der Waals surface area contributed by atoms with Gasteiger partial charge < -0.3 is 10.1 Å². The fraction of sp³-hybridized carbons (Fsp3) is 0.643. The second kappa shape index (κ2) is 6.60. The van der Waals surface area contributed by atoms with E-state index >= 15 is 0 Å². The average molecular weight is 234 g/mol. The van der Waals surface area contributed by atoms with Crippen molar-refractivity contribution < 1.29 is 4.74 Å². The minimum Gasteiger partial charge on any atom is -0.478 e. The summed E-state index contributed by atoms with van der Waals surface area (Å²) in [6.07, 6.45) is 6.93. The summed E-state index contributed by atoms with van der Waals surface area (Å²) in [7, 11) is 0. The fourth-order valence-corrected chi connectivity index (χ4v) is 2.26. The molecule has 1 aliphatic rings. The predicted octanol–water partition coefficient (Wildman–Crippen LogP) is 2.55. The van der Waals surface area contributed by atoms with Gasteiger partial charge in [-0.15, -0.1) is 0 Å². The summed E-state index contributed by atoms with van der Waals surface area (Å²) in [6.45, 7) is 5.20. The first-order valence-electron chi connectivity index (χ1n) is 6.61. The number of piperidine rings is 1. The van der Waals surface area contributed by atoms with Crippen molar-refractivity contribution in [1.29, 1.82) is 0 Å². The van der Waals surface area contributed by atoms with Crippen LogP contribution in [0.2, 0.25) is 0 Å². The van der Waals surface area contributed by atoms with Gasteiger partial charge >= 0.3 is 0 Å². The number of nitrogens with one attached hydrogen (secondary N) is 1. The molecule has 1 saturated heterocycles. The van der Waals surface area contributed by atoms with Gasteiger partial charge in [0.2, 0.25) is 5.88 Å². The Morgan fingerprint density at radius 3 is 3.12 bits per heavy atom. The van der Waals surface area contributed by atoms with E-state index in [1.165, 1.54) is 37.9 Å². The zero-order valence-electron chi connectivity index (χ0n) is 10.6. The van der Waals surface area contributed by atoms with Gasteiger partial charge in [0.1, 0.15) is 0 Å². The highest BCUT2D eigenvalue weighted by molar-refractivity contribution is 5.16. The van der Waals surface area contributed by atoms with E-state index in [1.807, 2.05) is 25.3 Å². The zero-order chi connectivity index (χ0) is 11.9. The lowest BCUT2D eigenvalue weighted by molar-refractivity contribution is 0.268. The van der Waals surface area contributed by atoms with Gasteiger partial charge in [0.15, 0.2) is 0 Å². The first kappa shape index (κ1) is 12.4. The lowest BCUT2D eigenvalue weighted by Crippen LogP contribution is -2.29. The van der Waals surface area contributed by atoms with E-state index in [0.29, 0.717) is 0 Å². The summed E-state index contributed by atoms with van der Waals surface area (Å²) in [5, 5.41) is 3.45. The maximum Gasteiger partial charge on any atom is 0.213 e. The summed E-state index contributed by atoms with van der Waals surface area (Å²) in [5.41, 5.74) is 1.17. The van der Waals surface area contributed by atoms with E-state index in [4.69, 9.17) is 4.74 Å². The van der Waals surface area contributed by atoms with Crippen molar-refractivity contribution >= 4 is 0 Å². The molecular weight excluding hydrogens is 212 g/mol. The first-order chi connectivity index (χ1) is 8.34. The molecule has 1 aromatic heterocycles. The molecule has 94 valence electrons. The van der Waals surface area contributed by atoms with Crippen molar-refractivity contribution in [3.05, 3.63) is 23.9 Å². The van der Waals surface area contributed by atoms with Crippen LogP contribution in [-0.2, 0) is 0 Å². The molecule has 2 heterocycles. The highest BCUT2D eigenvalue weighted by Gasteiger charge is 2.12. The molecule has 0 aliphatic carbocycles. The van der Waals surface area contributed by atoms with E-state index in [-0.39, 0.29) is 0 Å². The van der Waals surface area contributed by atoms with Crippen molar-refractivity contribution in [2.75, 3.05) is 19.7 Å². The van der Waals surface area contributed by atoms with Crippen LogP contribution < -0.4 is 10.1 Å². The number of pyridine rings is 1. The Hall–Kier alpha value is -1.09. The Morgan fingerprint density at radius 1 is 1.47 bits per heavy atom. The fourth-order valence-electron chi connectivity index (χ4n) is 2.26. The van der Waals surface area contributed by atoms with Crippen LogP contribution >= 0.6 is 0 Å². The molecule has 0 bridgehead atoms. The van der Waals surface area contributed by atoms with Crippen LogP contribution in [0.4, 0.5) is 0 Å². The summed E-state index contributed by atoms with van der Waals surface area (Å²) in [6, 6.07) is 3.98. The minimum absolute atomic E-state index is 0.748. The molecule has 1 atom stereocenters. The van der Waals surface area contributed by atoms with Crippen LogP contribution in [0.1, 0.15) is 31.2 Å². The Morgan fingerprint density at radius 2 is 2.41 bits per heavy atom. The number of aromatic nitrogens is 1. The summed E-state index contributed by atoms with van der Waals surface area (Å²) >= 11 is 0. The van der Waals surface area contributed by atoms with Crippen LogP contribution in [-0.4, -0.2) is 24.7 Å². The third-order valence-electron chi connectivity index (χ3n) is 3.29. The standard InChI is InChI=1S/C14H22N2O/c1-12-6-7-14(16-10-12)17-9-3-5-13-4-2-8-15-11-13/h6-7,10,13,15H,2-5,8-9,11H2,1H3. The highest BCUT2D eigenvalue weighted by atomic mass is 16.5. The Labute approximate surface area is 104 Å². The maximum atomic E-state index is 5.62. The Kier molecular flexibility index (Phi) is 4.80. The molecule has 3 nitrogen and oxygen atoms in total. The Bertz CT molecular complexity index is 317. The smallest absolute Gasteiger partial charge is 0.213 e. The predicted molar refractivity (Wildman–Crippen MR) is 69.3 cm³/mol. The molecule has 2 rings (SSSR count). The number of hydrogen-bond donors (Lipinski definition) is 1. The molecule has 1 aliphatic heterocycles. The SMILES string of the molecule is Cc1ccc(OCCCC2CCCNC2)nc1. The summed E-state index contributed by atoms with van der Waals surface area (Å²) in [4.78, 5) is 4.23. The van der Waals surface area contributed by atoms with Crippen LogP contribution in [0.25, 0.3) is 0 Å². The van der Waals surface area contributed by atoms with Gasteiger partial charge in [0.05, 0.1) is 6.61 Å². The lowest BCUT2D eigenvalue weighted by atomic mass is 9.95. The van der Waals surface area contributed by atoms with E-state index in [9.17, 15) is 0 Å². The van der Waals surface area contributed by atoms with Crippen LogP contribution in [0, 0.1) is 12.8 Å². The van der Waals surface area contributed by atoms with Gasteiger partial charge in [-0.25, -0.2) is 4.98 Å². The van der Waals surface area contributed by atoms with Gasteiger partial charge in [-0.2, -0.15) is 0 Å². The van der Waals surface area contributed by atoms with Crippen LogP contribution in [0.15, 0.2) is 18.3 Å². The third kappa shape index (κ3) is 4.35. The molecule has 0 spiro atoms. The quantitative estimate of drug-likeness (QED) is 0.795. The summed E-state index contributed by atoms with van der Waals surface area (Å²) < 4.78 is 5.62. The van der Waals surface area contributed by atoms with Crippen molar-refractivity contribution in [3.8, 4) is 5.88 Å². The number of ether oxygens (including phenoxy) is 1. The van der Waals surface area contributed by atoms with Crippen molar-refractivity contribution in [2.24, 2.45) is 5.92 Å². The summed E-state index contributed by atoms with van der Waals surface area (Å²) in [5.74, 6) is 1.59. The first-order valence-corrected chi connectivity index (χ1v) is 6.61. The lowest BCUT2D eigenvalue weighted by Gasteiger charge is -2.22.